The molecule has 0 amide bonds. The highest BCUT2D eigenvalue weighted by atomic mass is 35.5. The Morgan fingerprint density at radius 3 is 2.53 bits per heavy atom. The zero-order valence-electron chi connectivity index (χ0n) is 9.54. The van der Waals surface area contributed by atoms with E-state index in [1.54, 1.807) is 11.3 Å². The van der Waals surface area contributed by atoms with E-state index in [0.717, 1.165) is 10.5 Å². The van der Waals surface area contributed by atoms with E-state index in [9.17, 15) is 0 Å². The summed E-state index contributed by atoms with van der Waals surface area (Å²) in [5.74, 6) is 0.496. The molecule has 82 valence electrons. The van der Waals surface area contributed by atoms with Crippen LogP contribution in [0.4, 0.5) is 0 Å². The molecular formula is C12H16ClNS. The zero-order valence-corrected chi connectivity index (χ0v) is 11.1. The highest BCUT2D eigenvalue weighted by Gasteiger charge is 2.06. The molecule has 2 aromatic rings. The first-order valence-corrected chi connectivity index (χ1v) is 6.42. The fourth-order valence-corrected chi connectivity index (χ4v) is 2.41. The second-order valence-electron chi connectivity index (χ2n) is 3.32. The summed E-state index contributed by atoms with van der Waals surface area (Å²) in [6.07, 6.45) is 0. The lowest BCUT2D eigenvalue weighted by atomic mass is 10.2. The maximum absolute atomic E-state index is 5.89. The van der Waals surface area contributed by atoms with Gasteiger partial charge in [-0.05, 0) is 18.2 Å². The van der Waals surface area contributed by atoms with Crippen molar-refractivity contribution in [3.63, 3.8) is 0 Å². The Morgan fingerprint density at radius 2 is 1.93 bits per heavy atom. The quantitative estimate of drug-likeness (QED) is 0.677. The molecule has 0 unspecified atom stereocenters. The van der Waals surface area contributed by atoms with Gasteiger partial charge in [0.1, 0.15) is 0 Å². The first-order chi connectivity index (χ1) is 7.16. The molecule has 0 aliphatic heterocycles. The maximum Gasteiger partial charge on any atom is 0.0963 e. The second-order valence-corrected chi connectivity index (χ2v) is 4.82. The van der Waals surface area contributed by atoms with E-state index in [-0.39, 0.29) is 0 Å². The van der Waals surface area contributed by atoms with Gasteiger partial charge in [0.2, 0.25) is 0 Å². The predicted octanol–water partition coefficient (Wildman–Crippen LogP) is 5.10. The number of benzene rings is 1. The van der Waals surface area contributed by atoms with E-state index in [1.165, 1.54) is 9.71 Å². The summed E-state index contributed by atoms with van der Waals surface area (Å²) in [5.41, 5.74) is 1.05. The molecule has 0 bridgehead atoms. The van der Waals surface area contributed by atoms with Crippen molar-refractivity contribution in [2.45, 2.75) is 33.6 Å². The van der Waals surface area contributed by atoms with Crippen molar-refractivity contribution in [3.05, 3.63) is 28.2 Å². The molecule has 1 aromatic carbocycles. The molecule has 2 rings (SSSR count). The van der Waals surface area contributed by atoms with Gasteiger partial charge in [0, 0.05) is 10.9 Å². The molecule has 1 heterocycles. The predicted molar refractivity (Wildman–Crippen MR) is 70.1 cm³/mol. The summed E-state index contributed by atoms with van der Waals surface area (Å²) in [6, 6.07) is 5.83. The molecule has 0 atom stereocenters. The molecule has 15 heavy (non-hydrogen) atoms. The fourth-order valence-electron chi connectivity index (χ4n) is 1.16. The summed E-state index contributed by atoms with van der Waals surface area (Å²) in [4.78, 5) is 4.51. The van der Waals surface area contributed by atoms with Gasteiger partial charge in [-0.1, -0.05) is 39.3 Å². The minimum Gasteiger partial charge on any atom is -0.241 e. The Bertz CT molecular complexity index is 434. The molecule has 3 heteroatoms. The van der Waals surface area contributed by atoms with Crippen molar-refractivity contribution in [2.75, 3.05) is 0 Å². The number of aromatic nitrogens is 1. The number of hydrogen-bond acceptors (Lipinski definition) is 2. The van der Waals surface area contributed by atoms with Crippen LogP contribution in [0.5, 0.6) is 0 Å². The van der Waals surface area contributed by atoms with Crippen LogP contribution in [-0.4, -0.2) is 4.98 Å². The summed E-state index contributed by atoms with van der Waals surface area (Å²) in [5, 5.41) is 1.96. The Labute approximate surface area is 100 Å². The van der Waals surface area contributed by atoms with Gasteiger partial charge in [-0.3, -0.25) is 0 Å². The number of halogens is 1. The van der Waals surface area contributed by atoms with Crippen molar-refractivity contribution in [3.8, 4) is 0 Å². The Balaban J connectivity index is 0.000000531. The van der Waals surface area contributed by atoms with Gasteiger partial charge in [0.05, 0.1) is 15.2 Å². The topological polar surface area (TPSA) is 12.9 Å². The van der Waals surface area contributed by atoms with Crippen LogP contribution < -0.4 is 0 Å². The molecule has 0 radical (unpaired) electrons. The molecule has 1 aromatic heterocycles. The van der Waals surface area contributed by atoms with Crippen molar-refractivity contribution in [1.29, 1.82) is 0 Å². The third kappa shape index (κ3) is 2.93. The van der Waals surface area contributed by atoms with E-state index in [0.29, 0.717) is 5.92 Å². The van der Waals surface area contributed by atoms with E-state index in [4.69, 9.17) is 11.6 Å². The summed E-state index contributed by atoms with van der Waals surface area (Å²) >= 11 is 7.61. The van der Waals surface area contributed by atoms with Crippen molar-refractivity contribution < 1.29 is 0 Å². The third-order valence-electron chi connectivity index (χ3n) is 1.86. The van der Waals surface area contributed by atoms with Gasteiger partial charge in [0.15, 0.2) is 0 Å². The summed E-state index contributed by atoms with van der Waals surface area (Å²) < 4.78 is 1.18. The minimum atomic E-state index is 0.496. The van der Waals surface area contributed by atoms with Gasteiger partial charge in [-0.2, -0.15) is 0 Å². The van der Waals surface area contributed by atoms with E-state index in [2.05, 4.69) is 18.8 Å². The van der Waals surface area contributed by atoms with E-state index < -0.39 is 0 Å². The van der Waals surface area contributed by atoms with Crippen LogP contribution >= 0.6 is 22.9 Å². The average molecular weight is 242 g/mol. The second kappa shape index (κ2) is 5.47. The first-order valence-electron chi connectivity index (χ1n) is 5.23. The van der Waals surface area contributed by atoms with Crippen LogP contribution in [0.3, 0.4) is 0 Å². The third-order valence-corrected chi connectivity index (χ3v) is 3.41. The monoisotopic (exact) mass is 241 g/mol. The summed E-state index contributed by atoms with van der Waals surface area (Å²) in [6.45, 7) is 8.30. The van der Waals surface area contributed by atoms with E-state index >= 15 is 0 Å². The number of rotatable bonds is 1. The van der Waals surface area contributed by atoms with Crippen molar-refractivity contribution >= 4 is 33.2 Å². The zero-order chi connectivity index (χ0) is 11.4. The number of thiazole rings is 1. The van der Waals surface area contributed by atoms with Gasteiger partial charge in [-0.25, -0.2) is 4.98 Å². The standard InChI is InChI=1S/C10H10ClNS.C2H6/c1-6(2)10-12-8-4-3-7(11)5-9(8)13-10;1-2/h3-6H,1-2H3;1-2H3. The summed E-state index contributed by atoms with van der Waals surface area (Å²) in [7, 11) is 0. The largest absolute Gasteiger partial charge is 0.241 e. The normalized spacial score (nSPS) is 10.3. The highest BCUT2D eigenvalue weighted by molar-refractivity contribution is 7.18. The lowest BCUT2D eigenvalue weighted by Gasteiger charge is -1.94. The number of hydrogen-bond donors (Lipinski definition) is 0. The highest BCUT2D eigenvalue weighted by Crippen LogP contribution is 2.28. The minimum absolute atomic E-state index is 0.496. The van der Waals surface area contributed by atoms with Gasteiger partial charge >= 0.3 is 0 Å². The van der Waals surface area contributed by atoms with Crippen LogP contribution in [-0.2, 0) is 0 Å². The Morgan fingerprint density at radius 1 is 1.27 bits per heavy atom. The van der Waals surface area contributed by atoms with Crippen molar-refractivity contribution in [2.24, 2.45) is 0 Å². The molecule has 0 saturated heterocycles. The lowest BCUT2D eigenvalue weighted by Crippen LogP contribution is -1.82. The molecular weight excluding hydrogens is 226 g/mol. The number of fused-ring (bicyclic) bond motifs is 1. The Hall–Kier alpha value is -0.600. The van der Waals surface area contributed by atoms with Gasteiger partial charge in [0.25, 0.3) is 0 Å². The van der Waals surface area contributed by atoms with Crippen LogP contribution in [0.2, 0.25) is 5.02 Å². The average Bonchev–Trinajstić information content (AvgIpc) is 2.63. The Kier molecular flexibility index (Phi) is 4.55. The van der Waals surface area contributed by atoms with Gasteiger partial charge in [-0.15, -0.1) is 11.3 Å². The van der Waals surface area contributed by atoms with Crippen molar-refractivity contribution in [1.82, 2.24) is 4.98 Å². The molecule has 0 fully saturated rings. The SMILES string of the molecule is CC.CC(C)c1nc2ccc(Cl)cc2s1. The fraction of sp³-hybridized carbons (Fsp3) is 0.417. The molecule has 0 saturated carbocycles. The first kappa shape index (κ1) is 12.5. The van der Waals surface area contributed by atoms with Crippen LogP contribution in [0.1, 0.15) is 38.6 Å². The van der Waals surface area contributed by atoms with E-state index in [1.807, 2.05) is 32.0 Å². The molecule has 0 N–H and O–H groups in total. The molecule has 0 spiro atoms. The molecule has 1 nitrogen and oxygen atoms in total. The maximum atomic E-state index is 5.89. The smallest absolute Gasteiger partial charge is 0.0963 e. The van der Waals surface area contributed by atoms with Crippen LogP contribution in [0, 0.1) is 0 Å². The molecule has 0 aliphatic carbocycles. The van der Waals surface area contributed by atoms with Crippen LogP contribution in [0.15, 0.2) is 18.2 Å². The molecule has 0 aliphatic rings. The van der Waals surface area contributed by atoms with Crippen LogP contribution in [0.25, 0.3) is 10.2 Å². The van der Waals surface area contributed by atoms with Gasteiger partial charge < -0.3 is 0 Å². The number of nitrogens with zero attached hydrogens (tertiary/aromatic N) is 1. The lowest BCUT2D eigenvalue weighted by molar-refractivity contribution is 0.857.